The van der Waals surface area contributed by atoms with Crippen LogP contribution in [0.25, 0.3) is 16.9 Å². The van der Waals surface area contributed by atoms with Crippen LogP contribution in [0.15, 0.2) is 114 Å². The van der Waals surface area contributed by atoms with Gasteiger partial charge in [-0.3, -0.25) is 9.89 Å². The van der Waals surface area contributed by atoms with Crippen molar-refractivity contribution >= 4 is 28.8 Å². The molecule has 0 aliphatic carbocycles. The van der Waals surface area contributed by atoms with Gasteiger partial charge in [-0.15, -0.1) is 11.3 Å². The maximum Gasteiger partial charge on any atom is 0.339 e. The first-order valence-electron chi connectivity index (χ1n) is 10.9. The Hall–Kier alpha value is -4.69. The molecule has 0 bridgehead atoms. The second kappa shape index (κ2) is 10.1. The second-order valence-electron chi connectivity index (χ2n) is 7.57. The standard InChI is InChI=1S/C27H21N5O2S/c33-25(22-17-10-18-35-22)23-24(19-11-4-1-5-12-19)31-32(21-15-8-3-9-16-21)26(23)29-30-27(34)28-20-13-6-2-7-14-20/h1-18,31H,(H2,28,30,34). The molecule has 5 aromatic rings. The van der Waals surface area contributed by atoms with Crippen molar-refractivity contribution in [3.63, 3.8) is 0 Å². The Labute approximate surface area is 205 Å². The lowest BCUT2D eigenvalue weighted by molar-refractivity contribution is 0.104. The van der Waals surface area contributed by atoms with E-state index in [1.165, 1.54) is 11.3 Å². The van der Waals surface area contributed by atoms with Crippen LogP contribution in [0.3, 0.4) is 0 Å². The molecule has 0 atom stereocenters. The number of thiophene rings is 1. The average Bonchev–Trinajstić information content (AvgIpc) is 3.57. The van der Waals surface area contributed by atoms with Gasteiger partial charge in [0.15, 0.2) is 5.49 Å². The maximum atomic E-state index is 13.7. The fourth-order valence-corrected chi connectivity index (χ4v) is 4.33. The lowest BCUT2D eigenvalue weighted by Crippen LogP contribution is -2.31. The van der Waals surface area contributed by atoms with E-state index in [0.717, 1.165) is 11.3 Å². The van der Waals surface area contributed by atoms with E-state index in [1.54, 1.807) is 22.9 Å². The molecule has 0 aliphatic heterocycles. The fraction of sp³-hybridized carbons (Fsp3) is 0. The summed E-state index contributed by atoms with van der Waals surface area (Å²) in [4.78, 5) is 26.9. The minimum absolute atomic E-state index is 0.186. The molecule has 2 aromatic heterocycles. The van der Waals surface area contributed by atoms with Crippen LogP contribution in [-0.2, 0) is 0 Å². The van der Waals surface area contributed by atoms with Crippen molar-refractivity contribution in [2.24, 2.45) is 5.10 Å². The number of hydrogen-bond donors (Lipinski definition) is 3. The van der Waals surface area contributed by atoms with Gasteiger partial charge in [0.2, 0.25) is 5.78 Å². The van der Waals surface area contributed by atoms with Gasteiger partial charge in [-0.1, -0.05) is 72.8 Å². The van der Waals surface area contributed by atoms with Gasteiger partial charge in [-0.05, 0) is 35.7 Å². The quantitative estimate of drug-likeness (QED) is 0.225. The Kier molecular flexibility index (Phi) is 6.36. The normalized spacial score (nSPS) is 11.3. The van der Waals surface area contributed by atoms with Crippen molar-refractivity contribution in [2.75, 3.05) is 5.32 Å². The highest BCUT2D eigenvalue weighted by atomic mass is 32.1. The van der Waals surface area contributed by atoms with Crippen LogP contribution in [0.2, 0.25) is 0 Å². The van der Waals surface area contributed by atoms with E-state index < -0.39 is 6.03 Å². The van der Waals surface area contributed by atoms with Gasteiger partial charge in [0.1, 0.15) is 0 Å². The summed E-state index contributed by atoms with van der Waals surface area (Å²) in [7, 11) is 0. The molecular weight excluding hydrogens is 458 g/mol. The summed E-state index contributed by atoms with van der Waals surface area (Å²) >= 11 is 1.36. The van der Waals surface area contributed by atoms with Crippen LogP contribution in [0.1, 0.15) is 15.2 Å². The number of amides is 2. The third-order valence-electron chi connectivity index (χ3n) is 5.25. The first-order valence-corrected chi connectivity index (χ1v) is 11.8. The number of urea groups is 1. The van der Waals surface area contributed by atoms with Gasteiger partial charge in [0.05, 0.1) is 21.8 Å². The SMILES string of the molecule is O=C(NN=c1c(C(=O)c2cccs2)c(-c2ccccc2)[nH]n1-c1ccccc1)Nc1ccccc1. The van der Waals surface area contributed by atoms with Crippen LogP contribution < -0.4 is 16.2 Å². The highest BCUT2D eigenvalue weighted by molar-refractivity contribution is 7.12. The number of H-pyrrole nitrogens is 1. The number of para-hydroxylation sites is 2. The number of carbonyl (C=O) groups excluding carboxylic acids is 2. The van der Waals surface area contributed by atoms with Gasteiger partial charge in [0.25, 0.3) is 0 Å². The molecule has 0 unspecified atom stereocenters. The molecular formula is C27H21N5O2S. The third-order valence-corrected chi connectivity index (χ3v) is 6.12. The monoisotopic (exact) mass is 479 g/mol. The van der Waals surface area contributed by atoms with Crippen molar-refractivity contribution in [1.29, 1.82) is 0 Å². The smallest absolute Gasteiger partial charge is 0.307 e. The van der Waals surface area contributed by atoms with Crippen LogP contribution >= 0.6 is 11.3 Å². The summed E-state index contributed by atoms with van der Waals surface area (Å²) in [5.41, 5.74) is 6.03. The lowest BCUT2D eigenvalue weighted by Gasteiger charge is -2.05. The number of anilines is 1. The van der Waals surface area contributed by atoms with Crippen molar-refractivity contribution in [3.05, 3.63) is 124 Å². The molecule has 0 aliphatic rings. The topological polar surface area (TPSA) is 91.3 Å². The van der Waals surface area contributed by atoms with Crippen LogP contribution in [0.5, 0.6) is 0 Å². The summed E-state index contributed by atoms with van der Waals surface area (Å²) in [6, 6.07) is 31.2. The molecule has 5 rings (SSSR count). The molecule has 2 amide bonds. The Bertz CT molecular complexity index is 1510. The van der Waals surface area contributed by atoms with Crippen LogP contribution in [-0.4, -0.2) is 21.6 Å². The van der Waals surface area contributed by atoms with Gasteiger partial charge in [0, 0.05) is 11.3 Å². The summed E-state index contributed by atoms with van der Waals surface area (Å²) in [6.07, 6.45) is 0. The molecule has 0 spiro atoms. The van der Waals surface area contributed by atoms with Crippen molar-refractivity contribution in [2.45, 2.75) is 0 Å². The van der Waals surface area contributed by atoms with Crippen molar-refractivity contribution in [3.8, 4) is 16.9 Å². The molecule has 3 aromatic carbocycles. The number of aromatic amines is 1. The molecule has 0 saturated heterocycles. The number of hydrogen-bond acceptors (Lipinski definition) is 4. The zero-order chi connectivity index (χ0) is 24.0. The predicted octanol–water partition coefficient (Wildman–Crippen LogP) is 5.40. The number of aromatic nitrogens is 2. The number of rotatable bonds is 6. The third kappa shape index (κ3) is 4.83. The Morgan fingerprint density at radius 3 is 2.11 bits per heavy atom. The van der Waals surface area contributed by atoms with Crippen LogP contribution in [0, 0.1) is 0 Å². The van der Waals surface area contributed by atoms with E-state index in [9.17, 15) is 9.59 Å². The van der Waals surface area contributed by atoms with Gasteiger partial charge < -0.3 is 5.32 Å². The van der Waals surface area contributed by atoms with Crippen molar-refractivity contribution in [1.82, 2.24) is 15.2 Å². The average molecular weight is 480 g/mol. The maximum absolute atomic E-state index is 13.7. The van der Waals surface area contributed by atoms with E-state index in [2.05, 4.69) is 20.9 Å². The summed E-state index contributed by atoms with van der Waals surface area (Å²) in [5, 5.41) is 12.3. The Balaban J connectivity index is 1.67. The zero-order valence-electron chi connectivity index (χ0n) is 18.5. The summed E-state index contributed by atoms with van der Waals surface area (Å²) in [5.74, 6) is -0.186. The van der Waals surface area contributed by atoms with E-state index in [-0.39, 0.29) is 11.3 Å². The number of nitrogens with one attached hydrogen (secondary N) is 3. The van der Waals surface area contributed by atoms with Crippen molar-refractivity contribution < 1.29 is 9.59 Å². The first kappa shape index (κ1) is 22.1. The first-order chi connectivity index (χ1) is 17.2. The fourth-order valence-electron chi connectivity index (χ4n) is 3.66. The highest BCUT2D eigenvalue weighted by Gasteiger charge is 2.24. The van der Waals surface area contributed by atoms with Crippen LogP contribution in [0.4, 0.5) is 10.5 Å². The van der Waals surface area contributed by atoms with Gasteiger partial charge >= 0.3 is 6.03 Å². The molecule has 0 saturated carbocycles. The zero-order valence-corrected chi connectivity index (χ0v) is 19.3. The van der Waals surface area contributed by atoms with E-state index in [0.29, 0.717) is 21.8 Å². The molecule has 0 fully saturated rings. The molecule has 7 nitrogen and oxygen atoms in total. The minimum Gasteiger partial charge on any atom is -0.307 e. The molecule has 172 valence electrons. The van der Waals surface area contributed by atoms with E-state index in [1.807, 2.05) is 90.3 Å². The molecule has 3 N–H and O–H groups in total. The molecule has 2 heterocycles. The number of ketones is 1. The highest BCUT2D eigenvalue weighted by Crippen LogP contribution is 2.24. The number of benzene rings is 3. The summed E-state index contributed by atoms with van der Waals surface area (Å²) in [6.45, 7) is 0. The van der Waals surface area contributed by atoms with E-state index >= 15 is 0 Å². The summed E-state index contributed by atoms with van der Waals surface area (Å²) < 4.78 is 1.70. The predicted molar refractivity (Wildman–Crippen MR) is 137 cm³/mol. The van der Waals surface area contributed by atoms with E-state index in [4.69, 9.17) is 0 Å². The molecule has 0 radical (unpaired) electrons. The van der Waals surface area contributed by atoms with Gasteiger partial charge in [-0.25, -0.2) is 14.9 Å². The Morgan fingerprint density at radius 1 is 0.800 bits per heavy atom. The van der Waals surface area contributed by atoms with Gasteiger partial charge in [-0.2, -0.15) is 5.10 Å². The number of carbonyl (C=O) groups is 2. The molecule has 8 heteroatoms. The minimum atomic E-state index is -0.521. The largest absolute Gasteiger partial charge is 0.339 e. The second-order valence-corrected chi connectivity index (χ2v) is 8.52. The lowest BCUT2D eigenvalue weighted by atomic mass is 10.0. The number of nitrogens with zero attached hydrogens (tertiary/aromatic N) is 2. The molecule has 35 heavy (non-hydrogen) atoms. The Morgan fingerprint density at radius 2 is 1.46 bits per heavy atom.